The van der Waals surface area contributed by atoms with E-state index in [-0.39, 0.29) is 16.0 Å². The number of rotatable bonds is 5. The fourth-order valence-corrected chi connectivity index (χ4v) is 3.49. The fraction of sp³-hybridized carbons (Fsp3) is 0.545. The van der Waals surface area contributed by atoms with Gasteiger partial charge in [-0.3, -0.25) is 4.79 Å². The molecule has 0 amide bonds. The Morgan fingerprint density at radius 3 is 2.39 bits per heavy atom. The molecule has 1 aromatic heterocycles. The standard InChI is InChI=1S/C11H17ClN2O3S/c1-4-8(5-2)14(3)18(16,17)9-6-10(12)11(15)13-7-9/h6-8H,4-5H2,1-3H3,(H,13,15). The largest absolute Gasteiger partial charge is 0.326 e. The van der Waals surface area contributed by atoms with Crippen LogP contribution in [0.5, 0.6) is 0 Å². The van der Waals surface area contributed by atoms with Gasteiger partial charge >= 0.3 is 0 Å². The van der Waals surface area contributed by atoms with Crippen molar-refractivity contribution in [2.45, 2.75) is 37.6 Å². The Bertz CT molecular complexity index is 564. The molecule has 0 atom stereocenters. The van der Waals surface area contributed by atoms with Gasteiger partial charge in [0.05, 0.1) is 4.90 Å². The van der Waals surface area contributed by atoms with Crippen LogP contribution in [-0.4, -0.2) is 30.8 Å². The van der Waals surface area contributed by atoms with Crippen LogP contribution in [0.4, 0.5) is 0 Å². The topological polar surface area (TPSA) is 70.2 Å². The summed E-state index contributed by atoms with van der Waals surface area (Å²) in [4.78, 5) is 13.4. The van der Waals surface area contributed by atoms with Crippen LogP contribution >= 0.6 is 11.6 Å². The predicted octanol–water partition coefficient (Wildman–Crippen LogP) is 1.84. The molecule has 1 N–H and O–H groups in total. The van der Waals surface area contributed by atoms with Crippen molar-refractivity contribution in [3.05, 3.63) is 27.6 Å². The van der Waals surface area contributed by atoms with Gasteiger partial charge in [-0.2, -0.15) is 4.31 Å². The quantitative estimate of drug-likeness (QED) is 0.900. The molecule has 5 nitrogen and oxygen atoms in total. The molecular weight excluding hydrogens is 276 g/mol. The zero-order valence-corrected chi connectivity index (χ0v) is 12.2. The summed E-state index contributed by atoms with van der Waals surface area (Å²) in [6.07, 6.45) is 2.62. The molecule has 0 spiro atoms. The molecule has 102 valence electrons. The van der Waals surface area contributed by atoms with Crippen LogP contribution in [0.25, 0.3) is 0 Å². The summed E-state index contributed by atoms with van der Waals surface area (Å²) >= 11 is 5.65. The van der Waals surface area contributed by atoms with Gasteiger partial charge < -0.3 is 4.98 Å². The molecule has 0 saturated carbocycles. The number of sulfonamides is 1. The number of nitrogens with zero attached hydrogens (tertiary/aromatic N) is 1. The molecule has 0 bridgehead atoms. The maximum absolute atomic E-state index is 12.3. The Kier molecular flexibility index (Phi) is 4.95. The molecule has 0 fully saturated rings. The van der Waals surface area contributed by atoms with Crippen molar-refractivity contribution < 1.29 is 8.42 Å². The van der Waals surface area contributed by atoms with Crippen LogP contribution in [0.3, 0.4) is 0 Å². The van der Waals surface area contributed by atoms with Crippen LogP contribution < -0.4 is 5.56 Å². The van der Waals surface area contributed by atoms with E-state index in [1.165, 1.54) is 23.6 Å². The van der Waals surface area contributed by atoms with E-state index in [0.717, 1.165) is 12.8 Å². The van der Waals surface area contributed by atoms with E-state index >= 15 is 0 Å². The van der Waals surface area contributed by atoms with Crippen molar-refractivity contribution in [3.8, 4) is 0 Å². The molecule has 0 saturated heterocycles. The van der Waals surface area contributed by atoms with E-state index in [0.29, 0.717) is 0 Å². The monoisotopic (exact) mass is 292 g/mol. The SMILES string of the molecule is CCC(CC)N(C)S(=O)(=O)c1c[nH]c(=O)c(Cl)c1. The molecule has 1 heterocycles. The Balaban J connectivity index is 3.20. The summed E-state index contributed by atoms with van der Waals surface area (Å²) in [7, 11) is -2.09. The van der Waals surface area contributed by atoms with E-state index in [1.807, 2.05) is 13.8 Å². The van der Waals surface area contributed by atoms with Gasteiger partial charge in [0, 0.05) is 19.3 Å². The summed E-state index contributed by atoms with van der Waals surface area (Å²) in [5, 5.41) is -0.131. The van der Waals surface area contributed by atoms with Gasteiger partial charge in [0.2, 0.25) is 10.0 Å². The highest BCUT2D eigenvalue weighted by atomic mass is 35.5. The highest BCUT2D eigenvalue weighted by Crippen LogP contribution is 2.19. The molecule has 1 aromatic rings. The minimum absolute atomic E-state index is 0.00139. The third-order valence-electron chi connectivity index (χ3n) is 2.97. The van der Waals surface area contributed by atoms with E-state index in [9.17, 15) is 13.2 Å². The number of nitrogens with one attached hydrogen (secondary N) is 1. The molecule has 18 heavy (non-hydrogen) atoms. The maximum Gasteiger partial charge on any atom is 0.266 e. The van der Waals surface area contributed by atoms with Crippen molar-refractivity contribution in [2.24, 2.45) is 0 Å². The number of H-pyrrole nitrogens is 1. The van der Waals surface area contributed by atoms with E-state index < -0.39 is 15.6 Å². The smallest absolute Gasteiger partial charge is 0.266 e. The first-order valence-corrected chi connectivity index (χ1v) is 7.52. The van der Waals surface area contributed by atoms with Gasteiger partial charge in [-0.15, -0.1) is 0 Å². The van der Waals surface area contributed by atoms with Gasteiger partial charge in [0.15, 0.2) is 0 Å². The highest BCUT2D eigenvalue weighted by molar-refractivity contribution is 7.89. The van der Waals surface area contributed by atoms with Gasteiger partial charge in [-0.05, 0) is 18.9 Å². The molecule has 0 radical (unpaired) electrons. The minimum Gasteiger partial charge on any atom is -0.326 e. The number of aromatic amines is 1. The lowest BCUT2D eigenvalue weighted by atomic mass is 10.2. The van der Waals surface area contributed by atoms with Crippen LogP contribution in [0, 0.1) is 0 Å². The van der Waals surface area contributed by atoms with Crippen LogP contribution in [0.1, 0.15) is 26.7 Å². The predicted molar refractivity (Wildman–Crippen MR) is 71.4 cm³/mol. The van der Waals surface area contributed by atoms with Gasteiger partial charge in [-0.25, -0.2) is 8.42 Å². The van der Waals surface area contributed by atoms with E-state index in [2.05, 4.69) is 4.98 Å². The summed E-state index contributed by atoms with van der Waals surface area (Å²) < 4.78 is 25.9. The number of aromatic nitrogens is 1. The van der Waals surface area contributed by atoms with Crippen molar-refractivity contribution in [3.63, 3.8) is 0 Å². The second-order valence-corrected chi connectivity index (χ2v) is 6.41. The number of pyridine rings is 1. The van der Waals surface area contributed by atoms with Gasteiger partial charge in [-0.1, -0.05) is 25.4 Å². The molecule has 0 unspecified atom stereocenters. The summed E-state index contributed by atoms with van der Waals surface area (Å²) in [5.41, 5.74) is -0.499. The Hall–Kier alpha value is -0.850. The zero-order valence-electron chi connectivity index (χ0n) is 10.6. The number of hydrogen-bond donors (Lipinski definition) is 1. The average Bonchev–Trinajstić information content (AvgIpc) is 2.33. The molecule has 0 aliphatic carbocycles. The highest BCUT2D eigenvalue weighted by Gasteiger charge is 2.26. The third-order valence-corrected chi connectivity index (χ3v) is 5.13. The Morgan fingerprint density at radius 1 is 1.39 bits per heavy atom. The second-order valence-electron chi connectivity index (χ2n) is 4.00. The molecule has 0 aliphatic rings. The molecule has 0 aliphatic heterocycles. The van der Waals surface area contributed by atoms with Crippen LogP contribution in [-0.2, 0) is 10.0 Å². The van der Waals surface area contributed by atoms with Gasteiger partial charge in [0.25, 0.3) is 5.56 Å². The lowest BCUT2D eigenvalue weighted by Crippen LogP contribution is -2.36. The van der Waals surface area contributed by atoms with E-state index in [4.69, 9.17) is 11.6 Å². The Labute approximate surface area is 112 Å². The van der Waals surface area contributed by atoms with Crippen molar-refractivity contribution in [1.82, 2.24) is 9.29 Å². The molecule has 7 heteroatoms. The zero-order chi connectivity index (χ0) is 13.9. The molecule has 0 aromatic carbocycles. The van der Waals surface area contributed by atoms with Gasteiger partial charge in [0.1, 0.15) is 5.02 Å². The maximum atomic E-state index is 12.3. The molecular formula is C11H17ClN2O3S. The van der Waals surface area contributed by atoms with Crippen LogP contribution in [0.15, 0.2) is 22.0 Å². The lowest BCUT2D eigenvalue weighted by molar-refractivity contribution is 0.349. The summed E-state index contributed by atoms with van der Waals surface area (Å²) in [6, 6.07) is 1.11. The first-order chi connectivity index (χ1) is 8.34. The molecule has 1 rings (SSSR count). The lowest BCUT2D eigenvalue weighted by Gasteiger charge is -2.25. The average molecular weight is 293 g/mol. The van der Waals surface area contributed by atoms with Crippen molar-refractivity contribution in [1.29, 1.82) is 0 Å². The third kappa shape index (κ3) is 2.93. The van der Waals surface area contributed by atoms with E-state index in [1.54, 1.807) is 0 Å². The van der Waals surface area contributed by atoms with Crippen LogP contribution in [0.2, 0.25) is 5.02 Å². The Morgan fingerprint density at radius 2 is 1.94 bits per heavy atom. The normalized spacial score (nSPS) is 12.3. The summed E-state index contributed by atoms with van der Waals surface area (Å²) in [6.45, 7) is 3.86. The van der Waals surface area contributed by atoms with Crippen molar-refractivity contribution in [2.75, 3.05) is 7.05 Å². The number of hydrogen-bond acceptors (Lipinski definition) is 3. The van der Waals surface area contributed by atoms with Crippen molar-refractivity contribution >= 4 is 21.6 Å². The minimum atomic E-state index is -3.62. The number of halogens is 1. The second kappa shape index (κ2) is 5.86. The summed E-state index contributed by atoms with van der Waals surface area (Å²) in [5.74, 6) is 0. The fourth-order valence-electron chi connectivity index (χ4n) is 1.75. The first kappa shape index (κ1) is 15.2. The first-order valence-electron chi connectivity index (χ1n) is 5.70.